The number of rotatable bonds is 5. The first kappa shape index (κ1) is 16.2. The molecule has 7 nitrogen and oxygen atoms in total. The molecular formula is C18H17FN6O. The van der Waals surface area contributed by atoms with Crippen LogP contribution < -0.4 is 5.32 Å². The van der Waals surface area contributed by atoms with Crippen LogP contribution in [0.4, 0.5) is 4.39 Å². The van der Waals surface area contributed by atoms with Gasteiger partial charge in [-0.2, -0.15) is 10.2 Å². The predicted octanol–water partition coefficient (Wildman–Crippen LogP) is 2.42. The number of hydrogen-bond donors (Lipinski definition) is 2. The van der Waals surface area contributed by atoms with Gasteiger partial charge in [-0.15, -0.1) is 0 Å². The van der Waals surface area contributed by atoms with Gasteiger partial charge in [0.2, 0.25) is 0 Å². The van der Waals surface area contributed by atoms with Gasteiger partial charge in [0, 0.05) is 30.4 Å². The van der Waals surface area contributed by atoms with Gasteiger partial charge < -0.3 is 5.32 Å². The smallest absolute Gasteiger partial charge is 0.272 e. The monoisotopic (exact) mass is 352 g/mol. The third-order valence-electron chi connectivity index (χ3n) is 4.16. The van der Waals surface area contributed by atoms with Crippen molar-refractivity contribution in [2.75, 3.05) is 6.54 Å². The zero-order valence-electron chi connectivity index (χ0n) is 14.2. The highest BCUT2D eigenvalue weighted by atomic mass is 19.1. The molecule has 0 unspecified atom stereocenters. The second-order valence-electron chi connectivity index (χ2n) is 6.17. The molecule has 0 aliphatic heterocycles. The van der Waals surface area contributed by atoms with Crippen molar-refractivity contribution in [3.8, 4) is 0 Å². The number of aromatic amines is 1. The molecule has 2 N–H and O–H groups in total. The molecule has 0 spiro atoms. The van der Waals surface area contributed by atoms with Crippen LogP contribution in [0.5, 0.6) is 0 Å². The molecule has 0 aliphatic rings. The van der Waals surface area contributed by atoms with E-state index in [1.165, 1.54) is 12.1 Å². The third kappa shape index (κ3) is 3.13. The van der Waals surface area contributed by atoms with Crippen molar-refractivity contribution in [1.82, 2.24) is 30.1 Å². The fourth-order valence-electron chi connectivity index (χ4n) is 2.91. The highest BCUT2D eigenvalue weighted by Crippen LogP contribution is 2.16. The highest BCUT2D eigenvalue weighted by Gasteiger charge is 2.14. The third-order valence-corrected chi connectivity index (χ3v) is 4.16. The van der Waals surface area contributed by atoms with Crippen LogP contribution in [-0.4, -0.2) is 37.2 Å². The number of halogens is 1. The van der Waals surface area contributed by atoms with Gasteiger partial charge in [0.15, 0.2) is 11.3 Å². The van der Waals surface area contributed by atoms with E-state index in [1.807, 2.05) is 25.4 Å². The van der Waals surface area contributed by atoms with Crippen LogP contribution in [0.1, 0.15) is 28.2 Å². The number of benzene rings is 1. The van der Waals surface area contributed by atoms with E-state index >= 15 is 0 Å². The van der Waals surface area contributed by atoms with Crippen molar-refractivity contribution in [3.63, 3.8) is 0 Å². The molecule has 0 saturated heterocycles. The van der Waals surface area contributed by atoms with Gasteiger partial charge in [-0.25, -0.2) is 13.9 Å². The minimum atomic E-state index is -0.369. The Morgan fingerprint density at radius 2 is 2.23 bits per heavy atom. The van der Waals surface area contributed by atoms with Gasteiger partial charge in [0.05, 0.1) is 11.2 Å². The molecule has 132 valence electrons. The molecule has 0 atom stereocenters. The number of fused-ring (bicyclic) bond motifs is 2. The molecule has 0 saturated carbocycles. The summed E-state index contributed by atoms with van der Waals surface area (Å²) in [5, 5.41) is 14.5. The number of amides is 1. The standard InChI is InChI=1S/C18H17FN6O/c1-11-7-16-21-9-12(10-25(16)24-11)3-2-6-20-18(26)17-14-5-4-13(19)8-15(14)22-23-17/h4-5,7-10H,2-3,6H2,1H3,(H,20,26)(H,22,23). The van der Waals surface area contributed by atoms with Gasteiger partial charge in [0.25, 0.3) is 5.91 Å². The Labute approximate surface area is 148 Å². The molecule has 26 heavy (non-hydrogen) atoms. The second kappa shape index (κ2) is 6.55. The van der Waals surface area contributed by atoms with Crippen molar-refractivity contribution >= 4 is 22.5 Å². The molecule has 0 aliphatic carbocycles. The Kier molecular flexibility index (Phi) is 4.08. The summed E-state index contributed by atoms with van der Waals surface area (Å²) in [5.74, 6) is -0.648. The Bertz CT molecular complexity index is 1100. The van der Waals surface area contributed by atoms with Crippen LogP contribution in [0.2, 0.25) is 0 Å². The van der Waals surface area contributed by atoms with Crippen LogP contribution >= 0.6 is 0 Å². The average molecular weight is 352 g/mol. The van der Waals surface area contributed by atoms with E-state index < -0.39 is 0 Å². The summed E-state index contributed by atoms with van der Waals surface area (Å²) >= 11 is 0. The molecule has 0 fully saturated rings. The fraction of sp³-hybridized carbons (Fsp3) is 0.222. The van der Waals surface area contributed by atoms with Crippen LogP contribution in [0.3, 0.4) is 0 Å². The summed E-state index contributed by atoms with van der Waals surface area (Å²) in [4.78, 5) is 16.6. The van der Waals surface area contributed by atoms with Gasteiger partial charge in [-0.1, -0.05) is 0 Å². The molecule has 3 aromatic heterocycles. The number of nitrogens with one attached hydrogen (secondary N) is 2. The number of H-pyrrole nitrogens is 1. The van der Waals surface area contributed by atoms with Gasteiger partial charge in [-0.05, 0) is 43.5 Å². The van der Waals surface area contributed by atoms with Crippen molar-refractivity contribution in [1.29, 1.82) is 0 Å². The lowest BCUT2D eigenvalue weighted by Gasteiger charge is -2.04. The topological polar surface area (TPSA) is 88.0 Å². The van der Waals surface area contributed by atoms with E-state index in [0.29, 0.717) is 17.4 Å². The van der Waals surface area contributed by atoms with Crippen LogP contribution in [0.25, 0.3) is 16.6 Å². The summed E-state index contributed by atoms with van der Waals surface area (Å²) < 4.78 is 15.0. The number of nitrogens with zero attached hydrogens (tertiary/aromatic N) is 4. The molecule has 1 amide bonds. The molecule has 4 aromatic rings. The number of hydrogen-bond acceptors (Lipinski definition) is 4. The number of aromatic nitrogens is 5. The maximum absolute atomic E-state index is 13.2. The first-order chi connectivity index (χ1) is 12.6. The number of carbonyl (C=O) groups is 1. The first-order valence-electron chi connectivity index (χ1n) is 8.33. The zero-order chi connectivity index (χ0) is 18.1. The normalized spacial score (nSPS) is 11.3. The van der Waals surface area contributed by atoms with E-state index in [-0.39, 0.29) is 17.4 Å². The summed E-state index contributed by atoms with van der Waals surface area (Å²) in [5.41, 5.74) is 3.57. The summed E-state index contributed by atoms with van der Waals surface area (Å²) in [7, 11) is 0. The van der Waals surface area contributed by atoms with Crippen molar-refractivity contribution in [2.45, 2.75) is 19.8 Å². The predicted molar refractivity (Wildman–Crippen MR) is 94.4 cm³/mol. The van der Waals surface area contributed by atoms with E-state index in [1.54, 1.807) is 10.6 Å². The maximum atomic E-state index is 13.2. The Balaban J connectivity index is 1.35. The first-order valence-corrected chi connectivity index (χ1v) is 8.33. The minimum Gasteiger partial charge on any atom is -0.351 e. The molecule has 8 heteroatoms. The Morgan fingerprint density at radius 3 is 3.12 bits per heavy atom. The van der Waals surface area contributed by atoms with Crippen molar-refractivity contribution < 1.29 is 9.18 Å². The fourth-order valence-corrected chi connectivity index (χ4v) is 2.91. The SMILES string of the molecule is Cc1cc2ncc(CCCNC(=O)c3n[nH]c4cc(F)ccc34)cn2n1. The lowest BCUT2D eigenvalue weighted by molar-refractivity contribution is 0.0950. The highest BCUT2D eigenvalue weighted by molar-refractivity contribution is 6.04. The summed E-state index contributed by atoms with van der Waals surface area (Å²) in [6.45, 7) is 2.43. The number of carbonyl (C=O) groups excluding carboxylic acids is 1. The van der Waals surface area contributed by atoms with Crippen LogP contribution in [0.15, 0.2) is 36.7 Å². The molecule has 3 heterocycles. The van der Waals surface area contributed by atoms with Gasteiger partial charge >= 0.3 is 0 Å². The summed E-state index contributed by atoms with van der Waals surface area (Å²) in [6, 6.07) is 6.11. The molecule has 0 bridgehead atoms. The maximum Gasteiger partial charge on any atom is 0.272 e. The molecule has 4 rings (SSSR count). The molecule has 1 aromatic carbocycles. The number of aryl methyl sites for hydroxylation is 2. The lowest BCUT2D eigenvalue weighted by Crippen LogP contribution is -2.25. The Hall–Kier alpha value is -3.29. The van der Waals surface area contributed by atoms with Gasteiger partial charge in [0.1, 0.15) is 5.82 Å². The van der Waals surface area contributed by atoms with E-state index in [2.05, 4.69) is 25.6 Å². The zero-order valence-corrected chi connectivity index (χ0v) is 14.2. The van der Waals surface area contributed by atoms with E-state index in [0.717, 1.165) is 29.7 Å². The van der Waals surface area contributed by atoms with Gasteiger partial charge in [-0.3, -0.25) is 9.89 Å². The quantitative estimate of drug-likeness (QED) is 0.540. The van der Waals surface area contributed by atoms with E-state index in [4.69, 9.17) is 0 Å². The molecular weight excluding hydrogens is 335 g/mol. The van der Waals surface area contributed by atoms with Crippen LogP contribution in [-0.2, 0) is 6.42 Å². The summed E-state index contributed by atoms with van der Waals surface area (Å²) in [6.07, 6.45) is 5.31. The molecule has 0 radical (unpaired) electrons. The Morgan fingerprint density at radius 1 is 1.35 bits per heavy atom. The minimum absolute atomic E-state index is 0.273. The lowest BCUT2D eigenvalue weighted by atomic mass is 10.2. The van der Waals surface area contributed by atoms with Crippen molar-refractivity contribution in [3.05, 3.63) is 59.4 Å². The largest absolute Gasteiger partial charge is 0.351 e. The van der Waals surface area contributed by atoms with Crippen LogP contribution in [0, 0.1) is 12.7 Å². The second-order valence-corrected chi connectivity index (χ2v) is 6.17. The van der Waals surface area contributed by atoms with E-state index in [9.17, 15) is 9.18 Å². The average Bonchev–Trinajstić information content (AvgIpc) is 3.20. The van der Waals surface area contributed by atoms with Crippen molar-refractivity contribution in [2.24, 2.45) is 0 Å².